The normalized spacial score (nSPS) is 16.1. The van der Waals surface area contributed by atoms with Crippen molar-refractivity contribution >= 4 is 11.9 Å². The summed E-state index contributed by atoms with van der Waals surface area (Å²) >= 11 is 0. The lowest BCUT2D eigenvalue weighted by Crippen LogP contribution is -2.33. The van der Waals surface area contributed by atoms with Crippen LogP contribution in [0, 0.1) is 0 Å². The van der Waals surface area contributed by atoms with Crippen LogP contribution in [0.4, 0.5) is 4.79 Å². The smallest absolute Gasteiger partial charge is 0.324 e. The quantitative estimate of drug-likeness (QED) is 0.616. The Hall–Kier alpha value is -1.92. The van der Waals surface area contributed by atoms with E-state index < -0.39 is 0 Å². The number of imide groups is 1. The Balaban J connectivity index is 1.92. The zero-order valence-electron chi connectivity index (χ0n) is 7.38. The topological polar surface area (TPSA) is 80.1 Å². The van der Waals surface area contributed by atoms with Gasteiger partial charge < -0.3 is 5.32 Å². The van der Waals surface area contributed by atoms with Crippen molar-refractivity contribution in [3.8, 4) is 0 Å². The first-order chi connectivity index (χ1) is 6.77. The summed E-state index contributed by atoms with van der Waals surface area (Å²) in [6, 6.07) is -0.338. The van der Waals surface area contributed by atoms with E-state index >= 15 is 0 Å². The minimum atomic E-state index is -0.338. The van der Waals surface area contributed by atoms with Gasteiger partial charge >= 0.3 is 6.03 Å². The number of amides is 3. The van der Waals surface area contributed by atoms with E-state index in [0.29, 0.717) is 13.1 Å². The standard InChI is InChI=1S/C7H9N5O2/c13-6-5-8-7(14)12(6)4-3-11-2-1-9-10-11/h1-2H,3-5H2,(H,8,14). The van der Waals surface area contributed by atoms with Gasteiger partial charge in [0.1, 0.15) is 0 Å². The van der Waals surface area contributed by atoms with E-state index in [1.807, 2.05) is 0 Å². The summed E-state index contributed by atoms with van der Waals surface area (Å²) in [6.45, 7) is 0.892. The molecule has 1 aliphatic heterocycles. The molecular weight excluding hydrogens is 186 g/mol. The number of aromatic nitrogens is 3. The Labute approximate surface area is 79.7 Å². The van der Waals surface area contributed by atoms with E-state index in [2.05, 4.69) is 15.6 Å². The van der Waals surface area contributed by atoms with Crippen LogP contribution in [0.25, 0.3) is 0 Å². The summed E-state index contributed by atoms with van der Waals surface area (Å²) in [5.41, 5.74) is 0. The third-order valence-electron chi connectivity index (χ3n) is 1.96. The molecule has 7 heteroatoms. The molecule has 2 rings (SSSR count). The highest BCUT2D eigenvalue weighted by atomic mass is 16.2. The van der Waals surface area contributed by atoms with Crippen molar-refractivity contribution in [2.75, 3.05) is 13.1 Å². The molecule has 14 heavy (non-hydrogen) atoms. The number of carbonyl (C=O) groups excluding carboxylic acids is 2. The molecule has 3 amide bonds. The van der Waals surface area contributed by atoms with Crippen molar-refractivity contribution in [1.29, 1.82) is 0 Å². The minimum absolute atomic E-state index is 0.0934. The van der Waals surface area contributed by atoms with E-state index in [1.54, 1.807) is 17.1 Å². The fourth-order valence-electron chi connectivity index (χ4n) is 1.24. The molecule has 2 heterocycles. The van der Waals surface area contributed by atoms with Gasteiger partial charge in [0.15, 0.2) is 0 Å². The van der Waals surface area contributed by atoms with Crippen LogP contribution in [-0.4, -0.2) is 44.9 Å². The predicted octanol–water partition coefficient (Wildman–Crippen LogP) is -1.17. The van der Waals surface area contributed by atoms with Crippen LogP contribution in [0.5, 0.6) is 0 Å². The summed E-state index contributed by atoms with van der Waals surface area (Å²) in [5.74, 6) is -0.199. The van der Waals surface area contributed by atoms with E-state index in [0.717, 1.165) is 0 Å². The molecule has 0 aliphatic carbocycles. The zero-order chi connectivity index (χ0) is 9.97. The fourth-order valence-corrected chi connectivity index (χ4v) is 1.24. The number of nitrogens with zero attached hydrogens (tertiary/aromatic N) is 4. The Bertz CT molecular complexity index is 331. The summed E-state index contributed by atoms with van der Waals surface area (Å²) < 4.78 is 1.57. The van der Waals surface area contributed by atoms with Gasteiger partial charge in [0, 0.05) is 6.20 Å². The van der Waals surface area contributed by atoms with Crippen LogP contribution in [0.1, 0.15) is 0 Å². The third-order valence-corrected chi connectivity index (χ3v) is 1.96. The SMILES string of the molecule is O=C1CNC(=O)N1CCn1ccnn1. The highest BCUT2D eigenvalue weighted by Gasteiger charge is 2.27. The Morgan fingerprint density at radius 2 is 2.29 bits per heavy atom. The molecule has 74 valence electrons. The molecule has 1 aromatic heterocycles. The van der Waals surface area contributed by atoms with Crippen molar-refractivity contribution in [2.24, 2.45) is 0 Å². The first-order valence-corrected chi connectivity index (χ1v) is 4.19. The van der Waals surface area contributed by atoms with Crippen LogP contribution in [0.3, 0.4) is 0 Å². The maximum atomic E-state index is 11.1. The van der Waals surface area contributed by atoms with Crippen molar-refractivity contribution < 1.29 is 9.59 Å². The van der Waals surface area contributed by atoms with Crippen molar-refractivity contribution in [1.82, 2.24) is 25.2 Å². The van der Waals surface area contributed by atoms with Gasteiger partial charge in [-0.05, 0) is 0 Å². The molecule has 1 aliphatic rings. The molecule has 1 saturated heterocycles. The van der Waals surface area contributed by atoms with Gasteiger partial charge in [-0.15, -0.1) is 5.10 Å². The van der Waals surface area contributed by atoms with Gasteiger partial charge in [0.25, 0.3) is 0 Å². The third kappa shape index (κ3) is 1.56. The molecule has 0 aromatic carbocycles. The molecular formula is C7H9N5O2. The molecule has 0 radical (unpaired) electrons. The van der Waals surface area contributed by atoms with E-state index in [9.17, 15) is 9.59 Å². The Morgan fingerprint density at radius 1 is 1.43 bits per heavy atom. The van der Waals surface area contributed by atoms with E-state index in [1.165, 1.54) is 4.90 Å². The van der Waals surface area contributed by atoms with Gasteiger partial charge in [-0.1, -0.05) is 5.21 Å². The number of carbonyl (C=O) groups is 2. The first-order valence-electron chi connectivity index (χ1n) is 4.19. The zero-order valence-corrected chi connectivity index (χ0v) is 7.38. The molecule has 7 nitrogen and oxygen atoms in total. The molecule has 0 unspecified atom stereocenters. The van der Waals surface area contributed by atoms with Gasteiger partial charge in [-0.2, -0.15) is 0 Å². The van der Waals surface area contributed by atoms with Crippen molar-refractivity contribution in [3.05, 3.63) is 12.4 Å². The number of rotatable bonds is 3. The summed E-state index contributed by atoms with van der Waals surface area (Å²) in [7, 11) is 0. The highest BCUT2D eigenvalue weighted by molar-refractivity contribution is 6.01. The summed E-state index contributed by atoms with van der Waals surface area (Å²) in [4.78, 5) is 23.4. The molecule has 0 atom stereocenters. The average Bonchev–Trinajstić information content (AvgIpc) is 2.76. The highest BCUT2D eigenvalue weighted by Crippen LogP contribution is 1.98. The number of urea groups is 1. The number of hydrogen-bond donors (Lipinski definition) is 1. The second-order valence-electron chi connectivity index (χ2n) is 2.87. The number of hydrogen-bond acceptors (Lipinski definition) is 4. The fraction of sp³-hybridized carbons (Fsp3) is 0.429. The monoisotopic (exact) mass is 195 g/mol. The molecule has 1 fully saturated rings. The van der Waals surface area contributed by atoms with Crippen molar-refractivity contribution in [2.45, 2.75) is 6.54 Å². The number of nitrogens with one attached hydrogen (secondary N) is 1. The van der Waals surface area contributed by atoms with Crippen LogP contribution < -0.4 is 5.32 Å². The van der Waals surface area contributed by atoms with Gasteiger partial charge in [-0.3, -0.25) is 14.4 Å². The predicted molar refractivity (Wildman–Crippen MR) is 45.1 cm³/mol. The average molecular weight is 195 g/mol. The van der Waals surface area contributed by atoms with Crippen molar-refractivity contribution in [3.63, 3.8) is 0 Å². The van der Waals surface area contributed by atoms with E-state index in [4.69, 9.17) is 0 Å². The minimum Gasteiger partial charge on any atom is -0.329 e. The van der Waals surface area contributed by atoms with Gasteiger partial charge in [-0.25, -0.2) is 4.79 Å². The lowest BCUT2D eigenvalue weighted by molar-refractivity contribution is -0.125. The summed E-state index contributed by atoms with van der Waals surface area (Å²) in [5, 5.41) is 9.78. The molecule has 0 saturated carbocycles. The van der Waals surface area contributed by atoms with Crippen LogP contribution in [0.2, 0.25) is 0 Å². The lowest BCUT2D eigenvalue weighted by Gasteiger charge is -2.11. The largest absolute Gasteiger partial charge is 0.329 e. The van der Waals surface area contributed by atoms with Gasteiger partial charge in [0.2, 0.25) is 5.91 Å². The maximum Gasteiger partial charge on any atom is 0.324 e. The van der Waals surface area contributed by atoms with Gasteiger partial charge in [0.05, 0.1) is 25.8 Å². The van der Waals surface area contributed by atoms with Crippen LogP contribution in [0.15, 0.2) is 12.4 Å². The molecule has 1 N–H and O–H groups in total. The maximum absolute atomic E-state index is 11.1. The Morgan fingerprint density at radius 3 is 2.86 bits per heavy atom. The molecule has 0 bridgehead atoms. The summed E-state index contributed by atoms with van der Waals surface area (Å²) in [6.07, 6.45) is 3.23. The molecule has 0 spiro atoms. The lowest BCUT2D eigenvalue weighted by atomic mass is 10.5. The second-order valence-corrected chi connectivity index (χ2v) is 2.87. The van der Waals surface area contributed by atoms with Crippen LogP contribution >= 0.6 is 0 Å². The molecule has 1 aromatic rings. The first kappa shape index (κ1) is 8.67. The second kappa shape index (κ2) is 3.44. The Kier molecular flexibility index (Phi) is 2.13. The van der Waals surface area contributed by atoms with E-state index in [-0.39, 0.29) is 18.5 Å². The van der Waals surface area contributed by atoms with Crippen LogP contribution in [-0.2, 0) is 11.3 Å².